The van der Waals surface area contributed by atoms with E-state index in [1.165, 1.54) is 12.1 Å². The molecule has 1 saturated carbocycles. The maximum atomic E-state index is 12.1. The molecule has 0 aliphatic heterocycles. The highest BCUT2D eigenvalue weighted by Crippen LogP contribution is 2.27. The Balaban J connectivity index is 2.03. The van der Waals surface area contributed by atoms with Crippen LogP contribution in [0, 0.1) is 11.3 Å². The largest absolute Gasteiger partial charge is 0.389 e. The summed E-state index contributed by atoms with van der Waals surface area (Å²) in [6, 6.07) is 4.82. The molecule has 5 nitrogen and oxygen atoms in total. The van der Waals surface area contributed by atoms with Gasteiger partial charge in [-0.3, -0.25) is 0 Å². The Morgan fingerprint density at radius 3 is 2.50 bits per heavy atom. The molecule has 1 fully saturated rings. The van der Waals surface area contributed by atoms with Crippen LogP contribution in [0.25, 0.3) is 0 Å². The Morgan fingerprint density at radius 1 is 1.30 bits per heavy atom. The van der Waals surface area contributed by atoms with E-state index in [4.69, 9.17) is 5.26 Å². The summed E-state index contributed by atoms with van der Waals surface area (Å²) in [5.41, 5.74) is -0.946. The Hall–Kier alpha value is -0.940. The molecule has 0 amide bonds. The summed E-state index contributed by atoms with van der Waals surface area (Å²) in [6.07, 6.45) is 5.29. The van der Waals surface area contributed by atoms with Gasteiger partial charge in [0.2, 0.25) is 10.0 Å². The van der Waals surface area contributed by atoms with Gasteiger partial charge in [0.1, 0.15) is 15.2 Å². The summed E-state index contributed by atoms with van der Waals surface area (Å²) in [7, 11) is -3.64. The van der Waals surface area contributed by atoms with Crippen molar-refractivity contribution in [3.63, 3.8) is 0 Å². The van der Waals surface area contributed by atoms with Crippen LogP contribution in [-0.4, -0.2) is 25.7 Å². The zero-order valence-corrected chi connectivity index (χ0v) is 12.8. The summed E-state index contributed by atoms with van der Waals surface area (Å²) >= 11 is 0.936. The number of aliphatic hydroxyl groups is 1. The molecule has 20 heavy (non-hydrogen) atoms. The average Bonchev–Trinajstić information content (AvgIpc) is 2.81. The lowest BCUT2D eigenvalue weighted by Gasteiger charge is -2.26. The molecule has 1 aromatic rings. The highest BCUT2D eigenvalue weighted by molar-refractivity contribution is 7.91. The van der Waals surface area contributed by atoms with Crippen LogP contribution in [-0.2, 0) is 10.0 Å². The molecule has 1 heterocycles. The zero-order chi connectivity index (χ0) is 14.6. The fourth-order valence-electron chi connectivity index (χ4n) is 2.39. The maximum absolute atomic E-state index is 12.1. The molecular weight excluding hydrogens is 296 g/mol. The summed E-state index contributed by atoms with van der Waals surface area (Å²) in [6.45, 7) is 0.0368. The standard InChI is InChI=1S/C13H18N2O3S2/c14-9-11-5-6-12(19-11)20(17,18)15-10-13(16)7-3-1-2-4-8-13/h5-6,15-16H,1-4,7-8,10H2. The number of nitrogens with one attached hydrogen (secondary N) is 1. The molecule has 0 saturated heterocycles. The normalized spacial score (nSPS) is 19.2. The Bertz CT molecular complexity index is 593. The van der Waals surface area contributed by atoms with E-state index in [9.17, 15) is 13.5 Å². The molecule has 0 spiro atoms. The van der Waals surface area contributed by atoms with Gasteiger partial charge in [0.25, 0.3) is 0 Å². The highest BCUT2D eigenvalue weighted by atomic mass is 32.2. The minimum Gasteiger partial charge on any atom is -0.389 e. The van der Waals surface area contributed by atoms with Crippen LogP contribution in [0.4, 0.5) is 0 Å². The lowest BCUT2D eigenvalue weighted by atomic mass is 9.95. The number of sulfonamides is 1. The van der Waals surface area contributed by atoms with Crippen molar-refractivity contribution in [2.24, 2.45) is 0 Å². The van der Waals surface area contributed by atoms with Gasteiger partial charge in [0.15, 0.2) is 0 Å². The van der Waals surface area contributed by atoms with E-state index in [2.05, 4.69) is 4.72 Å². The highest BCUT2D eigenvalue weighted by Gasteiger charge is 2.30. The van der Waals surface area contributed by atoms with Crippen molar-refractivity contribution in [3.8, 4) is 6.07 Å². The van der Waals surface area contributed by atoms with Gasteiger partial charge < -0.3 is 5.11 Å². The number of rotatable bonds is 4. The molecule has 1 aromatic heterocycles. The van der Waals surface area contributed by atoms with Crippen molar-refractivity contribution in [3.05, 3.63) is 17.0 Å². The van der Waals surface area contributed by atoms with Crippen molar-refractivity contribution in [1.29, 1.82) is 5.26 Å². The topological polar surface area (TPSA) is 90.2 Å². The van der Waals surface area contributed by atoms with Crippen molar-refractivity contribution < 1.29 is 13.5 Å². The molecule has 1 aliphatic rings. The van der Waals surface area contributed by atoms with Crippen LogP contribution in [0.1, 0.15) is 43.4 Å². The second-order valence-corrected chi connectivity index (χ2v) is 8.27. The fraction of sp³-hybridized carbons (Fsp3) is 0.615. The van der Waals surface area contributed by atoms with Crippen molar-refractivity contribution >= 4 is 21.4 Å². The lowest BCUT2D eigenvalue weighted by molar-refractivity contribution is 0.0303. The van der Waals surface area contributed by atoms with E-state index in [1.807, 2.05) is 6.07 Å². The minimum atomic E-state index is -3.64. The van der Waals surface area contributed by atoms with Gasteiger partial charge in [0.05, 0.1) is 5.60 Å². The molecule has 1 aliphatic carbocycles. The molecule has 0 atom stereocenters. The van der Waals surface area contributed by atoms with Crippen molar-refractivity contribution in [2.75, 3.05) is 6.54 Å². The molecule has 2 rings (SSSR count). The predicted molar refractivity (Wildman–Crippen MR) is 76.9 cm³/mol. The first-order valence-corrected chi connectivity index (χ1v) is 8.97. The van der Waals surface area contributed by atoms with Crippen LogP contribution < -0.4 is 4.72 Å². The van der Waals surface area contributed by atoms with Crippen LogP contribution in [0.2, 0.25) is 0 Å². The quantitative estimate of drug-likeness (QED) is 0.832. The number of hydrogen-bond acceptors (Lipinski definition) is 5. The first-order chi connectivity index (χ1) is 9.45. The first-order valence-electron chi connectivity index (χ1n) is 6.67. The minimum absolute atomic E-state index is 0.0368. The zero-order valence-electron chi connectivity index (χ0n) is 11.1. The average molecular weight is 314 g/mol. The van der Waals surface area contributed by atoms with Gasteiger partial charge in [0, 0.05) is 6.54 Å². The van der Waals surface area contributed by atoms with Gasteiger partial charge in [-0.2, -0.15) is 5.26 Å². The van der Waals surface area contributed by atoms with Crippen LogP contribution in [0.3, 0.4) is 0 Å². The van der Waals surface area contributed by atoms with Crippen LogP contribution in [0.15, 0.2) is 16.3 Å². The third-order valence-electron chi connectivity index (χ3n) is 3.58. The number of hydrogen-bond donors (Lipinski definition) is 2. The molecular formula is C13H18N2O3S2. The van der Waals surface area contributed by atoms with E-state index >= 15 is 0 Å². The molecule has 0 bridgehead atoms. The number of thiophene rings is 1. The monoisotopic (exact) mass is 314 g/mol. The predicted octanol–water partition coefficient (Wildman–Crippen LogP) is 1.98. The molecule has 0 unspecified atom stereocenters. The summed E-state index contributed by atoms with van der Waals surface area (Å²) < 4.78 is 26.8. The molecule has 7 heteroatoms. The number of nitriles is 1. The van der Waals surface area contributed by atoms with Gasteiger partial charge in [-0.25, -0.2) is 13.1 Å². The van der Waals surface area contributed by atoms with E-state index in [1.54, 1.807) is 0 Å². The van der Waals surface area contributed by atoms with E-state index in [0.717, 1.165) is 37.0 Å². The van der Waals surface area contributed by atoms with Crippen molar-refractivity contribution in [1.82, 2.24) is 4.72 Å². The number of nitrogens with zero attached hydrogens (tertiary/aromatic N) is 1. The van der Waals surface area contributed by atoms with Crippen LogP contribution >= 0.6 is 11.3 Å². The lowest BCUT2D eigenvalue weighted by Crippen LogP contribution is -2.42. The third-order valence-corrected chi connectivity index (χ3v) is 6.46. The maximum Gasteiger partial charge on any atom is 0.250 e. The first kappa shape index (κ1) is 15.4. The van der Waals surface area contributed by atoms with Crippen molar-refractivity contribution in [2.45, 2.75) is 48.3 Å². The summed E-state index contributed by atoms with van der Waals surface area (Å²) in [5.74, 6) is 0. The smallest absolute Gasteiger partial charge is 0.250 e. The molecule has 0 aromatic carbocycles. The molecule has 110 valence electrons. The Kier molecular flexibility index (Phi) is 4.81. The van der Waals surface area contributed by atoms with E-state index < -0.39 is 15.6 Å². The Labute approximate surface area is 123 Å². The second-order valence-electron chi connectivity index (χ2n) is 5.19. The summed E-state index contributed by atoms with van der Waals surface area (Å²) in [5, 5.41) is 19.2. The fourth-order valence-corrected chi connectivity index (χ4v) is 4.66. The van der Waals surface area contributed by atoms with Gasteiger partial charge in [-0.1, -0.05) is 25.7 Å². The third kappa shape index (κ3) is 3.79. The second kappa shape index (κ2) is 6.22. The van der Waals surface area contributed by atoms with Gasteiger partial charge >= 0.3 is 0 Å². The van der Waals surface area contributed by atoms with Gasteiger partial charge in [-0.05, 0) is 25.0 Å². The Morgan fingerprint density at radius 2 is 1.95 bits per heavy atom. The molecule has 0 radical (unpaired) electrons. The van der Waals surface area contributed by atoms with E-state index in [-0.39, 0.29) is 10.8 Å². The summed E-state index contributed by atoms with van der Waals surface area (Å²) in [4.78, 5) is 0.360. The van der Waals surface area contributed by atoms with Crippen LogP contribution in [0.5, 0.6) is 0 Å². The SMILES string of the molecule is N#Cc1ccc(S(=O)(=O)NCC2(O)CCCCCC2)s1. The van der Waals surface area contributed by atoms with E-state index in [0.29, 0.717) is 17.7 Å². The van der Waals surface area contributed by atoms with Gasteiger partial charge in [-0.15, -0.1) is 11.3 Å². The molecule has 2 N–H and O–H groups in total.